The van der Waals surface area contributed by atoms with Crippen molar-refractivity contribution < 1.29 is 4.39 Å². The van der Waals surface area contributed by atoms with Gasteiger partial charge in [0.1, 0.15) is 5.83 Å². The molecule has 2 saturated carbocycles. The highest BCUT2D eigenvalue weighted by atomic mass is 35.5. The summed E-state index contributed by atoms with van der Waals surface area (Å²) in [5.74, 6) is 0.510. The molecule has 2 atom stereocenters. The van der Waals surface area contributed by atoms with E-state index in [0.717, 1.165) is 19.3 Å². The van der Waals surface area contributed by atoms with Gasteiger partial charge in [-0.25, -0.2) is 4.39 Å². The maximum atomic E-state index is 13.7. The molecular weight excluding hydrogens is 189 g/mol. The van der Waals surface area contributed by atoms with E-state index in [-0.39, 0.29) is 17.3 Å². The summed E-state index contributed by atoms with van der Waals surface area (Å²) < 4.78 is 13.7. The minimum atomic E-state index is -0.377. The van der Waals surface area contributed by atoms with Crippen LogP contribution in [-0.4, -0.2) is 5.54 Å². The third-order valence-electron chi connectivity index (χ3n) is 3.32. The van der Waals surface area contributed by atoms with Crippen molar-refractivity contribution in [1.82, 2.24) is 0 Å². The van der Waals surface area contributed by atoms with Crippen LogP contribution in [0.1, 0.15) is 19.3 Å². The highest BCUT2D eigenvalue weighted by Crippen LogP contribution is 2.57. The third-order valence-corrected chi connectivity index (χ3v) is 3.76. The zero-order chi connectivity index (χ0) is 9.22. The summed E-state index contributed by atoms with van der Waals surface area (Å²) in [4.78, 5) is 0. The summed E-state index contributed by atoms with van der Waals surface area (Å²) in [6, 6.07) is 0. The normalized spacial score (nSPS) is 39.8. The fraction of sp³-hybridized carbons (Fsp3) is 0.600. The van der Waals surface area contributed by atoms with E-state index >= 15 is 0 Å². The molecule has 0 saturated heterocycles. The van der Waals surface area contributed by atoms with E-state index < -0.39 is 0 Å². The molecule has 3 aliphatic carbocycles. The summed E-state index contributed by atoms with van der Waals surface area (Å²) in [6.45, 7) is 0. The lowest BCUT2D eigenvalue weighted by molar-refractivity contribution is 0.590. The van der Waals surface area contributed by atoms with Gasteiger partial charge in [0.15, 0.2) is 0 Å². The molecule has 0 aromatic heterocycles. The molecule has 3 rings (SSSR count). The van der Waals surface area contributed by atoms with Gasteiger partial charge in [-0.15, -0.1) is 0 Å². The average Bonchev–Trinajstić information content (AvgIpc) is 2.93. The van der Waals surface area contributed by atoms with Gasteiger partial charge in [-0.05, 0) is 25.2 Å². The molecular formula is C10H11ClFN. The van der Waals surface area contributed by atoms with E-state index in [1.165, 1.54) is 0 Å². The molecule has 0 aromatic rings. The molecule has 0 radical (unpaired) electrons. The van der Waals surface area contributed by atoms with Gasteiger partial charge in [0.25, 0.3) is 0 Å². The second-order valence-corrected chi connectivity index (χ2v) is 4.81. The van der Waals surface area contributed by atoms with Crippen molar-refractivity contribution in [2.24, 2.45) is 17.6 Å². The first-order chi connectivity index (χ1) is 6.12. The maximum Gasteiger partial charge on any atom is 0.142 e. The Morgan fingerprint density at radius 3 is 2.85 bits per heavy atom. The van der Waals surface area contributed by atoms with Gasteiger partial charge in [0.2, 0.25) is 0 Å². The number of halogens is 2. The Labute approximate surface area is 81.4 Å². The minimum absolute atomic E-state index is 0.236. The molecule has 3 aliphatic rings. The Balaban J connectivity index is 2.03. The lowest BCUT2D eigenvalue weighted by Crippen LogP contribution is -2.26. The predicted molar refractivity (Wildman–Crippen MR) is 49.8 cm³/mol. The third kappa shape index (κ3) is 1.02. The second-order valence-electron chi connectivity index (χ2n) is 4.40. The molecule has 3 heteroatoms. The lowest BCUT2D eigenvalue weighted by Gasteiger charge is -2.17. The molecule has 0 heterocycles. The standard InChI is InChI=1S/C10H11ClFN/c11-8-6-3-5(6)4-7(9(8)12)10(13)1-2-10/h4-6H,1-3,13H2. The van der Waals surface area contributed by atoms with Crippen molar-refractivity contribution in [2.45, 2.75) is 24.8 Å². The summed E-state index contributed by atoms with van der Waals surface area (Å²) in [6.07, 6.45) is 4.80. The van der Waals surface area contributed by atoms with Crippen LogP contribution < -0.4 is 5.73 Å². The monoisotopic (exact) mass is 199 g/mol. The van der Waals surface area contributed by atoms with Crippen LogP contribution in [-0.2, 0) is 0 Å². The number of hydrogen-bond donors (Lipinski definition) is 1. The smallest absolute Gasteiger partial charge is 0.142 e. The molecule has 0 amide bonds. The van der Waals surface area contributed by atoms with Gasteiger partial charge < -0.3 is 5.73 Å². The van der Waals surface area contributed by atoms with Crippen LogP contribution in [0.25, 0.3) is 0 Å². The topological polar surface area (TPSA) is 26.0 Å². The van der Waals surface area contributed by atoms with Gasteiger partial charge in [-0.2, -0.15) is 0 Å². The van der Waals surface area contributed by atoms with E-state index in [4.69, 9.17) is 17.3 Å². The number of allylic oxidation sites excluding steroid dienone is 2. The van der Waals surface area contributed by atoms with Crippen LogP contribution >= 0.6 is 11.6 Å². The summed E-state index contributed by atoms with van der Waals surface area (Å²) >= 11 is 5.90. The molecule has 2 unspecified atom stereocenters. The van der Waals surface area contributed by atoms with Crippen molar-refractivity contribution in [3.8, 4) is 0 Å². The fourth-order valence-electron chi connectivity index (χ4n) is 2.06. The van der Waals surface area contributed by atoms with E-state index in [2.05, 4.69) is 0 Å². The molecule has 1 nitrogen and oxygen atoms in total. The molecule has 2 fully saturated rings. The second kappa shape index (κ2) is 2.18. The van der Waals surface area contributed by atoms with Crippen molar-refractivity contribution in [3.05, 3.63) is 22.5 Å². The van der Waals surface area contributed by atoms with Gasteiger partial charge in [-0.3, -0.25) is 0 Å². The average molecular weight is 200 g/mol. The summed E-state index contributed by atoms with van der Waals surface area (Å²) in [7, 11) is 0. The van der Waals surface area contributed by atoms with Crippen molar-refractivity contribution >= 4 is 11.6 Å². The van der Waals surface area contributed by atoms with Gasteiger partial charge in [0.05, 0.1) is 5.03 Å². The van der Waals surface area contributed by atoms with E-state index in [1.54, 1.807) is 0 Å². The van der Waals surface area contributed by atoms with Crippen LogP contribution in [0.2, 0.25) is 0 Å². The number of nitrogens with two attached hydrogens (primary N) is 1. The molecule has 0 spiro atoms. The molecule has 13 heavy (non-hydrogen) atoms. The van der Waals surface area contributed by atoms with Gasteiger partial charge in [0, 0.05) is 17.0 Å². The van der Waals surface area contributed by atoms with Gasteiger partial charge >= 0.3 is 0 Å². The summed E-state index contributed by atoms with van der Waals surface area (Å²) in [5, 5.41) is 0.416. The van der Waals surface area contributed by atoms with Crippen LogP contribution in [0.3, 0.4) is 0 Å². The predicted octanol–water partition coefficient (Wildman–Crippen LogP) is 2.47. The largest absolute Gasteiger partial charge is 0.321 e. The first-order valence-corrected chi connectivity index (χ1v) is 5.06. The number of fused-ring (bicyclic) bond motifs is 1. The van der Waals surface area contributed by atoms with E-state index in [0.29, 0.717) is 16.5 Å². The van der Waals surface area contributed by atoms with E-state index in [9.17, 15) is 4.39 Å². The molecule has 2 N–H and O–H groups in total. The molecule has 70 valence electrons. The Bertz CT molecular complexity index is 341. The first-order valence-electron chi connectivity index (χ1n) is 4.68. The highest BCUT2D eigenvalue weighted by molar-refractivity contribution is 6.30. The number of rotatable bonds is 1. The van der Waals surface area contributed by atoms with Crippen molar-refractivity contribution in [1.29, 1.82) is 0 Å². The molecule has 0 bridgehead atoms. The fourth-order valence-corrected chi connectivity index (χ4v) is 2.41. The van der Waals surface area contributed by atoms with Gasteiger partial charge in [-0.1, -0.05) is 17.7 Å². The van der Waals surface area contributed by atoms with Crippen LogP contribution in [0.4, 0.5) is 4.39 Å². The minimum Gasteiger partial charge on any atom is -0.321 e. The van der Waals surface area contributed by atoms with Crippen molar-refractivity contribution in [2.75, 3.05) is 0 Å². The Morgan fingerprint density at radius 1 is 1.54 bits per heavy atom. The Hall–Kier alpha value is -0.340. The molecule has 0 aliphatic heterocycles. The Kier molecular flexibility index (Phi) is 1.34. The zero-order valence-corrected chi connectivity index (χ0v) is 7.94. The van der Waals surface area contributed by atoms with Crippen LogP contribution in [0.5, 0.6) is 0 Å². The SMILES string of the molecule is NC1(C2=CC3CC3C(Cl)=C2F)CC1. The molecule has 0 aromatic carbocycles. The van der Waals surface area contributed by atoms with Crippen molar-refractivity contribution in [3.63, 3.8) is 0 Å². The number of hydrogen-bond acceptors (Lipinski definition) is 1. The summed E-state index contributed by atoms with van der Waals surface area (Å²) in [5.41, 5.74) is 6.25. The Morgan fingerprint density at radius 2 is 2.23 bits per heavy atom. The van der Waals surface area contributed by atoms with E-state index in [1.807, 2.05) is 6.08 Å². The quantitative estimate of drug-likeness (QED) is 0.690. The highest BCUT2D eigenvalue weighted by Gasteiger charge is 2.51. The zero-order valence-electron chi connectivity index (χ0n) is 7.19. The maximum absolute atomic E-state index is 13.7. The lowest BCUT2D eigenvalue weighted by atomic mass is 9.97. The van der Waals surface area contributed by atoms with Crippen LogP contribution in [0.15, 0.2) is 22.5 Å². The van der Waals surface area contributed by atoms with Crippen LogP contribution in [0, 0.1) is 11.8 Å². The first kappa shape index (κ1) is 8.01.